The molecule has 2 heteroatoms. The van der Waals surface area contributed by atoms with Crippen LogP contribution in [0.4, 0.5) is 0 Å². The van der Waals surface area contributed by atoms with Gasteiger partial charge in [0.15, 0.2) is 0 Å². The number of hydrogen-bond donors (Lipinski definition) is 0. The Kier molecular flexibility index (Phi) is 3.38. The molecule has 0 bridgehead atoms. The molecular formula is C13H17NO. The number of benzene rings is 1. The highest BCUT2D eigenvalue weighted by Crippen LogP contribution is 2.24. The predicted octanol–water partition coefficient (Wildman–Crippen LogP) is 3.03. The first-order chi connectivity index (χ1) is 7.40. The van der Waals surface area contributed by atoms with Gasteiger partial charge in [-0.15, -0.1) is 0 Å². The molecule has 1 aliphatic heterocycles. The van der Waals surface area contributed by atoms with E-state index >= 15 is 0 Å². The number of ether oxygens (including phenoxy) is 1. The number of rotatable bonds is 2. The topological polar surface area (TPSA) is 21.6 Å². The molecule has 0 saturated carbocycles. The molecule has 2 rings (SSSR count). The number of nitrogens with zero attached hydrogens (tertiary/aromatic N) is 1. The number of aliphatic imine (C=N–C) groups is 1. The van der Waals surface area contributed by atoms with Gasteiger partial charge < -0.3 is 4.74 Å². The molecule has 15 heavy (non-hydrogen) atoms. The number of hydrogen-bond acceptors (Lipinski definition) is 2. The van der Waals surface area contributed by atoms with Crippen LogP contribution in [0.15, 0.2) is 29.3 Å². The van der Waals surface area contributed by atoms with E-state index in [9.17, 15) is 0 Å². The minimum atomic E-state index is 0.499. The van der Waals surface area contributed by atoms with E-state index in [0.29, 0.717) is 5.92 Å². The molecule has 2 nitrogen and oxygen atoms in total. The summed E-state index contributed by atoms with van der Waals surface area (Å²) in [5.74, 6) is 1.42. The maximum absolute atomic E-state index is 5.15. The monoisotopic (exact) mass is 203 g/mol. The summed E-state index contributed by atoms with van der Waals surface area (Å²) in [6.07, 6.45) is 5.82. The van der Waals surface area contributed by atoms with Crippen molar-refractivity contribution in [2.75, 3.05) is 13.7 Å². The second-order valence-electron chi connectivity index (χ2n) is 3.93. The van der Waals surface area contributed by atoms with E-state index in [1.54, 1.807) is 7.11 Å². The highest BCUT2D eigenvalue weighted by atomic mass is 16.5. The lowest BCUT2D eigenvalue weighted by atomic mass is 9.95. The Bertz CT molecular complexity index is 329. The minimum absolute atomic E-state index is 0.499. The van der Waals surface area contributed by atoms with Gasteiger partial charge in [-0.25, -0.2) is 0 Å². The quantitative estimate of drug-likeness (QED) is 0.724. The van der Waals surface area contributed by atoms with Gasteiger partial charge in [-0.2, -0.15) is 0 Å². The fourth-order valence-corrected chi connectivity index (χ4v) is 1.95. The van der Waals surface area contributed by atoms with Crippen LogP contribution in [0.5, 0.6) is 5.75 Å². The van der Waals surface area contributed by atoms with Gasteiger partial charge in [-0.05, 0) is 30.5 Å². The van der Waals surface area contributed by atoms with Crippen LogP contribution in [-0.4, -0.2) is 19.9 Å². The van der Waals surface area contributed by atoms with Crippen molar-refractivity contribution >= 4 is 6.21 Å². The SMILES string of the molecule is COc1ccc(C2C=NCCCC2)cc1. The van der Waals surface area contributed by atoms with E-state index in [4.69, 9.17) is 4.74 Å². The van der Waals surface area contributed by atoms with Crippen LogP contribution in [-0.2, 0) is 0 Å². The van der Waals surface area contributed by atoms with Crippen LogP contribution in [0, 0.1) is 0 Å². The molecule has 1 aromatic rings. The Morgan fingerprint density at radius 1 is 1.20 bits per heavy atom. The molecule has 0 aliphatic carbocycles. The lowest BCUT2D eigenvalue weighted by molar-refractivity contribution is 0.414. The van der Waals surface area contributed by atoms with E-state index < -0.39 is 0 Å². The van der Waals surface area contributed by atoms with Crippen LogP contribution in [0.1, 0.15) is 30.7 Å². The molecule has 0 aromatic heterocycles. The lowest BCUT2D eigenvalue weighted by Gasteiger charge is -2.10. The fraction of sp³-hybridized carbons (Fsp3) is 0.462. The van der Waals surface area contributed by atoms with Gasteiger partial charge in [0.25, 0.3) is 0 Å². The Morgan fingerprint density at radius 3 is 2.73 bits per heavy atom. The van der Waals surface area contributed by atoms with Gasteiger partial charge in [0, 0.05) is 18.7 Å². The van der Waals surface area contributed by atoms with E-state index in [-0.39, 0.29) is 0 Å². The normalized spacial score (nSPS) is 21.0. The van der Waals surface area contributed by atoms with Crippen LogP contribution >= 0.6 is 0 Å². The maximum atomic E-state index is 5.15. The average molecular weight is 203 g/mol. The van der Waals surface area contributed by atoms with Crippen LogP contribution in [0.3, 0.4) is 0 Å². The van der Waals surface area contributed by atoms with E-state index in [1.165, 1.54) is 24.8 Å². The van der Waals surface area contributed by atoms with Crippen molar-refractivity contribution in [3.05, 3.63) is 29.8 Å². The van der Waals surface area contributed by atoms with Crippen LogP contribution in [0.2, 0.25) is 0 Å². The third-order valence-electron chi connectivity index (χ3n) is 2.88. The molecule has 80 valence electrons. The minimum Gasteiger partial charge on any atom is -0.497 e. The van der Waals surface area contributed by atoms with Crippen molar-refractivity contribution in [3.63, 3.8) is 0 Å². The Hall–Kier alpha value is -1.31. The predicted molar refractivity (Wildman–Crippen MR) is 62.9 cm³/mol. The first-order valence-electron chi connectivity index (χ1n) is 5.54. The van der Waals surface area contributed by atoms with Crippen LogP contribution < -0.4 is 4.74 Å². The molecule has 1 aliphatic rings. The number of methoxy groups -OCH3 is 1. The van der Waals surface area contributed by atoms with Crippen molar-refractivity contribution in [2.45, 2.75) is 25.2 Å². The van der Waals surface area contributed by atoms with Gasteiger partial charge in [0.2, 0.25) is 0 Å². The maximum Gasteiger partial charge on any atom is 0.118 e. The summed E-state index contributed by atoms with van der Waals surface area (Å²) in [5, 5.41) is 0. The zero-order valence-corrected chi connectivity index (χ0v) is 9.15. The lowest BCUT2D eigenvalue weighted by Crippen LogP contribution is -1.98. The van der Waals surface area contributed by atoms with Gasteiger partial charge in [-0.3, -0.25) is 4.99 Å². The highest BCUT2D eigenvalue weighted by molar-refractivity contribution is 5.68. The first kappa shape index (κ1) is 10.2. The Morgan fingerprint density at radius 2 is 2.00 bits per heavy atom. The average Bonchev–Trinajstić information content (AvgIpc) is 2.58. The molecule has 0 amide bonds. The molecule has 0 fully saturated rings. The zero-order chi connectivity index (χ0) is 10.5. The Balaban J connectivity index is 2.13. The van der Waals surface area contributed by atoms with Gasteiger partial charge >= 0.3 is 0 Å². The standard InChI is InChI=1S/C13H17NO/c1-15-13-7-5-11(6-8-13)12-4-2-3-9-14-10-12/h5-8,10,12H,2-4,9H2,1H3. The smallest absolute Gasteiger partial charge is 0.118 e. The van der Waals surface area contributed by atoms with Crippen molar-refractivity contribution < 1.29 is 4.74 Å². The summed E-state index contributed by atoms with van der Waals surface area (Å²) >= 11 is 0. The fourth-order valence-electron chi connectivity index (χ4n) is 1.95. The second-order valence-corrected chi connectivity index (χ2v) is 3.93. The van der Waals surface area contributed by atoms with Crippen LogP contribution in [0.25, 0.3) is 0 Å². The van der Waals surface area contributed by atoms with Crippen molar-refractivity contribution in [1.29, 1.82) is 0 Å². The summed E-state index contributed by atoms with van der Waals surface area (Å²) in [6.45, 7) is 0.993. The Labute approximate surface area is 91.0 Å². The highest BCUT2D eigenvalue weighted by Gasteiger charge is 2.10. The molecular weight excluding hydrogens is 186 g/mol. The molecule has 1 aromatic carbocycles. The van der Waals surface area contributed by atoms with Gasteiger partial charge in [0.1, 0.15) is 5.75 Å². The summed E-state index contributed by atoms with van der Waals surface area (Å²) < 4.78 is 5.15. The second kappa shape index (κ2) is 4.96. The summed E-state index contributed by atoms with van der Waals surface area (Å²) in [7, 11) is 1.70. The molecule has 0 radical (unpaired) electrons. The zero-order valence-electron chi connectivity index (χ0n) is 9.15. The van der Waals surface area contributed by atoms with Gasteiger partial charge in [0.05, 0.1) is 7.11 Å². The van der Waals surface area contributed by atoms with E-state index in [0.717, 1.165) is 12.3 Å². The molecule has 0 spiro atoms. The van der Waals surface area contributed by atoms with E-state index in [1.807, 2.05) is 12.1 Å². The molecule has 1 unspecified atom stereocenters. The molecule has 0 N–H and O–H groups in total. The first-order valence-corrected chi connectivity index (χ1v) is 5.54. The largest absolute Gasteiger partial charge is 0.497 e. The van der Waals surface area contributed by atoms with Crippen molar-refractivity contribution in [2.24, 2.45) is 4.99 Å². The summed E-state index contributed by atoms with van der Waals surface area (Å²) in [4.78, 5) is 4.41. The van der Waals surface area contributed by atoms with Crippen molar-refractivity contribution in [1.82, 2.24) is 0 Å². The van der Waals surface area contributed by atoms with Gasteiger partial charge in [-0.1, -0.05) is 18.6 Å². The third-order valence-corrected chi connectivity index (χ3v) is 2.88. The van der Waals surface area contributed by atoms with Crippen molar-refractivity contribution in [3.8, 4) is 5.75 Å². The molecule has 1 heterocycles. The summed E-state index contributed by atoms with van der Waals surface area (Å²) in [6, 6.07) is 8.32. The molecule has 1 atom stereocenters. The summed E-state index contributed by atoms with van der Waals surface area (Å²) in [5.41, 5.74) is 1.35. The van der Waals surface area contributed by atoms with E-state index in [2.05, 4.69) is 23.3 Å². The molecule has 0 saturated heterocycles. The third kappa shape index (κ3) is 2.58.